The number of guanidine groups is 1. The van der Waals surface area contributed by atoms with Crippen LogP contribution in [-0.4, -0.2) is 60.4 Å². The molecule has 1 saturated heterocycles. The van der Waals surface area contributed by atoms with Crippen LogP contribution in [0.5, 0.6) is 0 Å². The van der Waals surface area contributed by atoms with Crippen LogP contribution >= 0.6 is 35.6 Å². The number of hydrogen-bond acceptors (Lipinski definition) is 3. The van der Waals surface area contributed by atoms with Crippen molar-refractivity contribution in [3.63, 3.8) is 0 Å². The number of carbonyl (C=O) groups is 1. The summed E-state index contributed by atoms with van der Waals surface area (Å²) in [6.07, 6.45) is 2.62. The molecule has 156 valence electrons. The molecular weight excluding hydrogens is 503 g/mol. The number of halogens is 2. The van der Waals surface area contributed by atoms with Crippen LogP contribution in [0.4, 0.5) is 0 Å². The fraction of sp³-hybridized carbons (Fsp3) is 0.429. The van der Waals surface area contributed by atoms with Crippen LogP contribution in [0.25, 0.3) is 0 Å². The summed E-state index contributed by atoms with van der Waals surface area (Å²) in [7, 11) is 0. The molecule has 2 unspecified atom stereocenters. The lowest BCUT2D eigenvalue weighted by molar-refractivity contribution is 0.0657. The van der Waals surface area contributed by atoms with Crippen LogP contribution in [0.2, 0.25) is 5.02 Å². The number of rotatable bonds is 4. The normalized spacial score (nSPS) is 21.5. The lowest BCUT2D eigenvalue weighted by Gasteiger charge is -2.36. The van der Waals surface area contributed by atoms with Gasteiger partial charge in [-0.3, -0.25) is 9.79 Å². The van der Waals surface area contributed by atoms with Gasteiger partial charge in [-0.2, -0.15) is 0 Å². The number of hydrogen-bond donors (Lipinski definition) is 1. The van der Waals surface area contributed by atoms with Crippen molar-refractivity contribution in [2.24, 2.45) is 4.99 Å². The molecule has 1 aromatic carbocycles. The maximum absolute atomic E-state index is 12.4. The molecule has 1 N–H and O–H groups in total. The zero-order valence-corrected chi connectivity index (χ0v) is 19.5. The Kier molecular flexibility index (Phi) is 7.45. The maximum atomic E-state index is 12.4. The van der Waals surface area contributed by atoms with Crippen LogP contribution in [-0.2, 0) is 0 Å². The van der Waals surface area contributed by atoms with E-state index < -0.39 is 0 Å². The summed E-state index contributed by atoms with van der Waals surface area (Å²) < 4.78 is 5.23. The molecule has 0 bridgehead atoms. The lowest BCUT2D eigenvalue weighted by atomic mass is 10.1. The number of furan rings is 1. The first-order chi connectivity index (χ1) is 13.7. The van der Waals surface area contributed by atoms with Gasteiger partial charge in [0.15, 0.2) is 11.7 Å². The van der Waals surface area contributed by atoms with Crippen LogP contribution in [0.1, 0.15) is 35.4 Å². The first-order valence-electron chi connectivity index (χ1n) is 9.80. The van der Waals surface area contributed by atoms with Gasteiger partial charge >= 0.3 is 0 Å². The van der Waals surface area contributed by atoms with Crippen molar-refractivity contribution in [1.29, 1.82) is 0 Å². The average molecular weight is 529 g/mol. The number of piperazine rings is 1. The highest BCUT2D eigenvalue weighted by Gasteiger charge is 2.40. The third-order valence-electron chi connectivity index (χ3n) is 5.29. The fourth-order valence-electron chi connectivity index (χ4n) is 3.69. The van der Waals surface area contributed by atoms with Crippen molar-refractivity contribution < 1.29 is 9.21 Å². The highest BCUT2D eigenvalue weighted by atomic mass is 127. The summed E-state index contributed by atoms with van der Waals surface area (Å²) >= 11 is 6.13. The summed E-state index contributed by atoms with van der Waals surface area (Å²) in [6.45, 7) is 5.60. The summed E-state index contributed by atoms with van der Waals surface area (Å²) in [5, 5.41) is 4.39. The Bertz CT molecular complexity index is 850. The molecule has 1 saturated carbocycles. The third kappa shape index (κ3) is 5.25. The topological polar surface area (TPSA) is 61.1 Å². The molecule has 2 heterocycles. The number of benzene rings is 1. The molecule has 1 amide bonds. The molecule has 1 aliphatic heterocycles. The molecule has 1 aliphatic carbocycles. The molecule has 2 aliphatic rings. The Morgan fingerprint density at radius 2 is 1.97 bits per heavy atom. The maximum Gasteiger partial charge on any atom is 0.289 e. The van der Waals surface area contributed by atoms with Gasteiger partial charge in [0.1, 0.15) is 0 Å². The second-order valence-electron chi connectivity index (χ2n) is 7.20. The highest BCUT2D eigenvalue weighted by molar-refractivity contribution is 14.0. The molecular formula is C21H26ClIN4O2. The molecule has 6 nitrogen and oxygen atoms in total. The lowest BCUT2D eigenvalue weighted by Crippen LogP contribution is -2.54. The van der Waals surface area contributed by atoms with Gasteiger partial charge in [-0.15, -0.1) is 24.0 Å². The second kappa shape index (κ2) is 9.84. The smallest absolute Gasteiger partial charge is 0.289 e. The SMILES string of the molecule is CCN=C(NC1CC1c1cccc(Cl)c1)N1CCN(C(=O)c2ccco2)CC1.I. The van der Waals surface area contributed by atoms with Crippen molar-refractivity contribution in [3.8, 4) is 0 Å². The summed E-state index contributed by atoms with van der Waals surface area (Å²) in [4.78, 5) is 21.2. The van der Waals surface area contributed by atoms with E-state index in [1.807, 2.05) is 30.0 Å². The van der Waals surface area contributed by atoms with Gasteiger partial charge < -0.3 is 19.5 Å². The van der Waals surface area contributed by atoms with E-state index in [2.05, 4.69) is 21.3 Å². The first-order valence-corrected chi connectivity index (χ1v) is 10.2. The van der Waals surface area contributed by atoms with E-state index in [-0.39, 0.29) is 29.9 Å². The van der Waals surface area contributed by atoms with Crippen LogP contribution in [0.3, 0.4) is 0 Å². The van der Waals surface area contributed by atoms with Crippen molar-refractivity contribution >= 4 is 47.4 Å². The Balaban J connectivity index is 0.00000240. The minimum atomic E-state index is -0.0465. The fourth-order valence-corrected chi connectivity index (χ4v) is 3.89. The number of nitrogens with zero attached hydrogens (tertiary/aromatic N) is 3. The molecule has 0 spiro atoms. The number of nitrogens with one attached hydrogen (secondary N) is 1. The standard InChI is InChI=1S/C21H25ClN4O2.HI/c1-2-23-21(24-18-14-17(18)15-5-3-6-16(22)13-15)26-10-8-25(9-11-26)20(27)19-7-4-12-28-19;/h3-7,12-13,17-18H,2,8-11,14H2,1H3,(H,23,24);1H. The van der Waals surface area contributed by atoms with E-state index in [4.69, 9.17) is 16.0 Å². The van der Waals surface area contributed by atoms with Gasteiger partial charge in [-0.05, 0) is 43.2 Å². The van der Waals surface area contributed by atoms with Crippen LogP contribution in [0.15, 0.2) is 52.1 Å². The second-order valence-corrected chi connectivity index (χ2v) is 7.64. The molecule has 1 aromatic heterocycles. The van der Waals surface area contributed by atoms with E-state index in [0.29, 0.717) is 30.8 Å². The summed E-state index contributed by atoms with van der Waals surface area (Å²) in [5.41, 5.74) is 1.27. The van der Waals surface area contributed by atoms with Gasteiger partial charge in [0.05, 0.1) is 6.26 Å². The van der Waals surface area contributed by atoms with Crippen molar-refractivity contribution in [2.75, 3.05) is 32.7 Å². The molecule has 4 rings (SSSR count). The summed E-state index contributed by atoms with van der Waals surface area (Å²) in [6, 6.07) is 11.9. The van der Waals surface area contributed by atoms with Gasteiger partial charge in [0, 0.05) is 49.7 Å². The minimum absolute atomic E-state index is 0. The third-order valence-corrected chi connectivity index (χ3v) is 5.52. The molecule has 2 aromatic rings. The monoisotopic (exact) mass is 528 g/mol. The molecule has 8 heteroatoms. The minimum Gasteiger partial charge on any atom is -0.459 e. The van der Waals surface area contributed by atoms with Gasteiger partial charge in [-0.1, -0.05) is 23.7 Å². The van der Waals surface area contributed by atoms with E-state index in [9.17, 15) is 4.79 Å². The average Bonchev–Trinajstić information content (AvgIpc) is 3.26. The quantitative estimate of drug-likeness (QED) is 0.372. The first kappa shape index (κ1) is 22.0. The largest absolute Gasteiger partial charge is 0.459 e. The Morgan fingerprint density at radius 1 is 1.21 bits per heavy atom. The zero-order chi connectivity index (χ0) is 19.5. The van der Waals surface area contributed by atoms with Gasteiger partial charge in [-0.25, -0.2) is 0 Å². The summed E-state index contributed by atoms with van der Waals surface area (Å²) in [5.74, 6) is 1.76. The van der Waals surface area contributed by atoms with Crippen molar-refractivity contribution in [1.82, 2.24) is 15.1 Å². The molecule has 0 radical (unpaired) electrons. The molecule has 2 fully saturated rings. The zero-order valence-electron chi connectivity index (χ0n) is 16.4. The van der Waals surface area contributed by atoms with Crippen LogP contribution < -0.4 is 5.32 Å². The predicted molar refractivity (Wildman–Crippen MR) is 125 cm³/mol. The molecule has 29 heavy (non-hydrogen) atoms. The Hall–Kier alpha value is -1.74. The Morgan fingerprint density at radius 3 is 2.62 bits per heavy atom. The van der Waals surface area contributed by atoms with E-state index in [0.717, 1.165) is 37.0 Å². The van der Waals surface area contributed by atoms with Crippen LogP contribution in [0, 0.1) is 0 Å². The van der Waals surface area contributed by atoms with Crippen molar-refractivity contribution in [3.05, 3.63) is 59.0 Å². The van der Waals surface area contributed by atoms with Crippen molar-refractivity contribution in [2.45, 2.75) is 25.3 Å². The predicted octanol–water partition coefficient (Wildman–Crippen LogP) is 3.83. The Labute approximate surface area is 193 Å². The van der Waals surface area contributed by atoms with E-state index in [1.165, 1.54) is 11.8 Å². The van der Waals surface area contributed by atoms with Gasteiger partial charge in [0.25, 0.3) is 5.91 Å². The number of aliphatic imine (C=N–C) groups is 1. The number of amides is 1. The molecule has 2 atom stereocenters. The van der Waals surface area contributed by atoms with E-state index >= 15 is 0 Å². The highest BCUT2D eigenvalue weighted by Crippen LogP contribution is 2.41. The van der Waals surface area contributed by atoms with Gasteiger partial charge in [0.2, 0.25) is 0 Å². The number of carbonyl (C=O) groups excluding carboxylic acids is 1. The van der Waals surface area contributed by atoms with E-state index in [1.54, 1.807) is 12.1 Å².